The van der Waals surface area contributed by atoms with Crippen molar-refractivity contribution in [1.82, 2.24) is 4.90 Å². The third-order valence-corrected chi connectivity index (χ3v) is 4.40. The molecule has 2 rings (SSSR count). The average molecular weight is 345 g/mol. The minimum atomic E-state index is -0.374. The molecule has 2 amide bonds. The molecular formula is C15H18Cl2N2O3. The maximum absolute atomic E-state index is 12.3. The van der Waals surface area contributed by atoms with Crippen LogP contribution in [-0.4, -0.2) is 43.0 Å². The van der Waals surface area contributed by atoms with E-state index in [1.165, 1.54) is 0 Å². The van der Waals surface area contributed by atoms with Crippen molar-refractivity contribution >= 4 is 40.7 Å². The van der Waals surface area contributed by atoms with Gasteiger partial charge in [0.2, 0.25) is 11.8 Å². The predicted molar refractivity (Wildman–Crippen MR) is 86.2 cm³/mol. The zero-order chi connectivity index (χ0) is 16.3. The van der Waals surface area contributed by atoms with E-state index < -0.39 is 0 Å². The fourth-order valence-electron chi connectivity index (χ4n) is 2.48. The number of carbonyl (C=O) groups excluding carboxylic acids is 2. The Morgan fingerprint density at radius 2 is 2.18 bits per heavy atom. The number of hydrogen-bond donors (Lipinski definition) is 1. The summed E-state index contributed by atoms with van der Waals surface area (Å²) in [6, 6.07) is 4.84. The lowest BCUT2D eigenvalue weighted by Crippen LogP contribution is -2.38. The quantitative estimate of drug-likeness (QED) is 0.893. The first-order valence-electron chi connectivity index (χ1n) is 6.96. The van der Waals surface area contributed by atoms with Crippen LogP contribution in [0, 0.1) is 5.92 Å². The molecule has 1 N–H and O–H groups in total. The molecule has 1 fully saturated rings. The van der Waals surface area contributed by atoms with Crippen LogP contribution in [0.3, 0.4) is 0 Å². The first-order chi connectivity index (χ1) is 10.4. The van der Waals surface area contributed by atoms with Gasteiger partial charge in [0.15, 0.2) is 0 Å². The largest absolute Gasteiger partial charge is 0.383 e. The van der Waals surface area contributed by atoms with Crippen LogP contribution in [0.15, 0.2) is 18.2 Å². The number of rotatable bonds is 5. The number of hydrogen-bond acceptors (Lipinski definition) is 3. The Hall–Kier alpha value is -1.30. The first-order valence-corrected chi connectivity index (χ1v) is 7.72. The summed E-state index contributed by atoms with van der Waals surface area (Å²) in [6.45, 7) is 2.75. The Morgan fingerprint density at radius 3 is 2.82 bits per heavy atom. The van der Waals surface area contributed by atoms with Gasteiger partial charge < -0.3 is 15.0 Å². The number of methoxy groups -OCH3 is 1. The second-order valence-electron chi connectivity index (χ2n) is 5.37. The Labute approximate surface area is 139 Å². The lowest BCUT2D eigenvalue weighted by Gasteiger charge is -2.23. The molecular weight excluding hydrogens is 327 g/mol. The van der Waals surface area contributed by atoms with E-state index in [2.05, 4.69) is 5.32 Å². The molecule has 1 aliphatic heterocycles. The molecule has 1 heterocycles. The summed E-state index contributed by atoms with van der Waals surface area (Å²) in [5.41, 5.74) is 0.565. The minimum absolute atomic E-state index is 0.0289. The fraction of sp³-hybridized carbons (Fsp3) is 0.467. The Kier molecular flexibility index (Phi) is 5.67. The van der Waals surface area contributed by atoms with E-state index >= 15 is 0 Å². The Morgan fingerprint density at radius 1 is 1.45 bits per heavy atom. The predicted octanol–water partition coefficient (Wildman–Crippen LogP) is 2.82. The summed E-state index contributed by atoms with van der Waals surface area (Å²) in [5.74, 6) is -0.598. The number of nitrogens with zero attached hydrogens (tertiary/aromatic N) is 1. The van der Waals surface area contributed by atoms with Gasteiger partial charge in [-0.3, -0.25) is 9.59 Å². The smallest absolute Gasteiger partial charge is 0.229 e. The summed E-state index contributed by atoms with van der Waals surface area (Å²) in [7, 11) is 1.59. The summed E-state index contributed by atoms with van der Waals surface area (Å²) in [4.78, 5) is 26.0. The van der Waals surface area contributed by atoms with Gasteiger partial charge in [0.05, 0.1) is 28.6 Å². The van der Waals surface area contributed by atoms with E-state index in [0.717, 1.165) is 0 Å². The minimum Gasteiger partial charge on any atom is -0.383 e. The molecule has 2 atom stereocenters. The highest BCUT2D eigenvalue weighted by molar-refractivity contribution is 6.42. The molecule has 5 nitrogen and oxygen atoms in total. The third-order valence-electron chi connectivity index (χ3n) is 3.66. The van der Waals surface area contributed by atoms with E-state index in [1.54, 1.807) is 30.2 Å². The van der Waals surface area contributed by atoms with Crippen LogP contribution in [0.25, 0.3) is 0 Å². The third kappa shape index (κ3) is 3.91. The van der Waals surface area contributed by atoms with Crippen LogP contribution >= 0.6 is 23.2 Å². The molecule has 120 valence electrons. The lowest BCUT2D eigenvalue weighted by atomic mass is 10.1. The number of likely N-dealkylation sites (tertiary alicyclic amines) is 1. The number of anilines is 1. The zero-order valence-corrected chi connectivity index (χ0v) is 13.9. The van der Waals surface area contributed by atoms with Gasteiger partial charge in [0.25, 0.3) is 0 Å². The van der Waals surface area contributed by atoms with Gasteiger partial charge in [0.1, 0.15) is 0 Å². The monoisotopic (exact) mass is 344 g/mol. The maximum Gasteiger partial charge on any atom is 0.229 e. The van der Waals surface area contributed by atoms with Crippen LogP contribution in [-0.2, 0) is 14.3 Å². The topological polar surface area (TPSA) is 58.6 Å². The van der Waals surface area contributed by atoms with E-state index in [0.29, 0.717) is 28.9 Å². The number of amides is 2. The van der Waals surface area contributed by atoms with Gasteiger partial charge in [-0.2, -0.15) is 0 Å². The standard InChI is InChI=1S/C15H18Cl2N2O3/c1-9(8-22-2)19-7-10(5-14(19)20)15(21)18-11-3-4-12(16)13(17)6-11/h3-4,6,9-10H,5,7-8H2,1-2H3,(H,18,21)/t9-,10-/m0/s1. The fourth-order valence-corrected chi connectivity index (χ4v) is 2.78. The van der Waals surface area contributed by atoms with Crippen molar-refractivity contribution in [3.63, 3.8) is 0 Å². The number of carbonyl (C=O) groups is 2. The van der Waals surface area contributed by atoms with Gasteiger partial charge in [-0.05, 0) is 25.1 Å². The summed E-state index contributed by atoms with van der Waals surface area (Å²) in [5, 5.41) is 3.57. The molecule has 0 aliphatic carbocycles. The van der Waals surface area contributed by atoms with Crippen LogP contribution in [0.1, 0.15) is 13.3 Å². The van der Waals surface area contributed by atoms with Crippen molar-refractivity contribution in [2.75, 3.05) is 25.6 Å². The molecule has 0 spiro atoms. The SMILES string of the molecule is COC[C@H](C)N1C[C@@H](C(=O)Nc2ccc(Cl)c(Cl)c2)CC1=O. The highest BCUT2D eigenvalue weighted by atomic mass is 35.5. The molecule has 1 aliphatic rings. The summed E-state index contributed by atoms with van der Waals surface area (Å²) < 4.78 is 5.06. The molecule has 1 aromatic carbocycles. The van der Waals surface area contributed by atoms with Gasteiger partial charge in [0, 0.05) is 25.8 Å². The molecule has 7 heteroatoms. The molecule has 1 saturated heterocycles. The Balaban J connectivity index is 1.99. The van der Waals surface area contributed by atoms with Gasteiger partial charge in [-0.15, -0.1) is 0 Å². The summed E-state index contributed by atoms with van der Waals surface area (Å²) in [6.07, 6.45) is 0.210. The van der Waals surface area contributed by atoms with E-state index in [-0.39, 0.29) is 30.2 Å². The number of halogens is 2. The second-order valence-corrected chi connectivity index (χ2v) is 6.18. The lowest BCUT2D eigenvalue weighted by molar-refractivity contribution is -0.130. The number of ether oxygens (including phenoxy) is 1. The van der Waals surface area contributed by atoms with Crippen molar-refractivity contribution in [2.24, 2.45) is 5.92 Å². The van der Waals surface area contributed by atoms with Gasteiger partial charge in [-0.25, -0.2) is 0 Å². The molecule has 22 heavy (non-hydrogen) atoms. The summed E-state index contributed by atoms with van der Waals surface area (Å²) >= 11 is 11.8. The molecule has 0 unspecified atom stereocenters. The number of benzene rings is 1. The molecule has 0 aromatic heterocycles. The van der Waals surface area contributed by atoms with Crippen molar-refractivity contribution in [3.05, 3.63) is 28.2 Å². The van der Waals surface area contributed by atoms with Crippen LogP contribution < -0.4 is 5.32 Å². The highest BCUT2D eigenvalue weighted by Crippen LogP contribution is 2.26. The van der Waals surface area contributed by atoms with E-state index in [4.69, 9.17) is 27.9 Å². The van der Waals surface area contributed by atoms with E-state index in [9.17, 15) is 9.59 Å². The van der Waals surface area contributed by atoms with Gasteiger partial charge in [-0.1, -0.05) is 23.2 Å². The molecule has 0 saturated carbocycles. The van der Waals surface area contributed by atoms with Crippen LogP contribution in [0.2, 0.25) is 10.0 Å². The van der Waals surface area contributed by atoms with Crippen molar-refractivity contribution < 1.29 is 14.3 Å². The Bertz CT molecular complexity index is 580. The zero-order valence-electron chi connectivity index (χ0n) is 12.4. The highest BCUT2D eigenvalue weighted by Gasteiger charge is 2.36. The molecule has 0 radical (unpaired) electrons. The van der Waals surface area contributed by atoms with Crippen molar-refractivity contribution in [3.8, 4) is 0 Å². The van der Waals surface area contributed by atoms with Crippen molar-refractivity contribution in [1.29, 1.82) is 0 Å². The van der Waals surface area contributed by atoms with Crippen LogP contribution in [0.5, 0.6) is 0 Å². The first kappa shape index (κ1) is 17.1. The molecule has 0 bridgehead atoms. The normalized spacial score (nSPS) is 19.4. The molecule has 1 aromatic rings. The maximum atomic E-state index is 12.3. The van der Waals surface area contributed by atoms with Crippen LogP contribution in [0.4, 0.5) is 5.69 Å². The second kappa shape index (κ2) is 7.31. The van der Waals surface area contributed by atoms with E-state index in [1.807, 2.05) is 6.92 Å². The van der Waals surface area contributed by atoms with Gasteiger partial charge >= 0.3 is 0 Å². The average Bonchev–Trinajstić information content (AvgIpc) is 2.85. The van der Waals surface area contributed by atoms with Crippen molar-refractivity contribution in [2.45, 2.75) is 19.4 Å². The number of nitrogens with one attached hydrogen (secondary N) is 1.